The maximum atomic E-state index is 14.6. The van der Waals surface area contributed by atoms with Gasteiger partial charge >= 0.3 is 0 Å². The number of hydrogen-bond donors (Lipinski definition) is 1. The van der Waals surface area contributed by atoms with Gasteiger partial charge in [0.15, 0.2) is 0 Å². The number of H-pyrrole nitrogens is 1. The Labute approximate surface area is 149 Å². The summed E-state index contributed by atoms with van der Waals surface area (Å²) in [5.41, 5.74) is 4.07. The number of nitrogens with zero attached hydrogens (tertiary/aromatic N) is 4. The maximum Gasteiger partial charge on any atom is 0.217 e. The molecule has 0 aliphatic rings. The van der Waals surface area contributed by atoms with E-state index in [0.29, 0.717) is 29.3 Å². The largest absolute Gasteiger partial charge is 0.481 e. The summed E-state index contributed by atoms with van der Waals surface area (Å²) < 4.78 is 19.7. The molecule has 0 atom stereocenters. The Hall–Kier alpha value is -3.35. The van der Waals surface area contributed by atoms with Crippen LogP contribution in [0.2, 0.25) is 0 Å². The van der Waals surface area contributed by atoms with Gasteiger partial charge in [0, 0.05) is 29.6 Å². The molecule has 0 unspecified atom stereocenters. The summed E-state index contributed by atoms with van der Waals surface area (Å²) in [6.45, 7) is 1.91. The number of aromatic nitrogens is 5. The number of fused-ring (bicyclic) bond motifs is 1. The molecule has 0 saturated carbocycles. The zero-order chi connectivity index (χ0) is 18.1. The molecule has 130 valence electrons. The SMILES string of the molecule is COc1cccc(-c2ccc(Cc3c[nH]c4ncnc(C)c34)c(F)n2)n1. The van der Waals surface area contributed by atoms with Gasteiger partial charge in [0.05, 0.1) is 24.2 Å². The van der Waals surface area contributed by atoms with E-state index in [2.05, 4.69) is 24.9 Å². The highest BCUT2D eigenvalue weighted by Crippen LogP contribution is 2.24. The molecule has 0 radical (unpaired) electrons. The number of rotatable bonds is 4. The van der Waals surface area contributed by atoms with Crippen molar-refractivity contribution in [3.05, 3.63) is 65.6 Å². The standard InChI is InChI=1S/C19H16FN5O/c1-11-17-13(9-21-19(17)23-10-22-11)8-12-6-7-15(25-18(12)20)14-4-3-5-16(24-14)26-2/h3-7,9-10H,8H2,1-2H3,(H,21,22,23). The lowest BCUT2D eigenvalue weighted by molar-refractivity contribution is 0.398. The highest BCUT2D eigenvalue weighted by atomic mass is 19.1. The van der Waals surface area contributed by atoms with Gasteiger partial charge in [-0.25, -0.2) is 19.9 Å². The van der Waals surface area contributed by atoms with E-state index in [1.165, 1.54) is 13.4 Å². The first kappa shape index (κ1) is 16.1. The van der Waals surface area contributed by atoms with Crippen LogP contribution < -0.4 is 4.74 Å². The van der Waals surface area contributed by atoms with Crippen LogP contribution in [0.25, 0.3) is 22.4 Å². The Bertz CT molecular complexity index is 1090. The number of aromatic amines is 1. The molecule has 4 rings (SSSR count). The molecule has 4 aromatic rings. The van der Waals surface area contributed by atoms with E-state index in [0.717, 1.165) is 22.3 Å². The van der Waals surface area contributed by atoms with E-state index in [-0.39, 0.29) is 0 Å². The zero-order valence-electron chi connectivity index (χ0n) is 14.3. The van der Waals surface area contributed by atoms with E-state index in [1.54, 1.807) is 30.3 Å². The third-order valence-corrected chi connectivity index (χ3v) is 4.24. The molecule has 4 heterocycles. The van der Waals surface area contributed by atoms with Crippen molar-refractivity contribution in [3.8, 4) is 17.3 Å². The molecule has 0 aromatic carbocycles. The van der Waals surface area contributed by atoms with E-state index in [4.69, 9.17) is 4.74 Å². The van der Waals surface area contributed by atoms with Gasteiger partial charge in [-0.1, -0.05) is 12.1 Å². The van der Waals surface area contributed by atoms with Crippen molar-refractivity contribution in [2.75, 3.05) is 7.11 Å². The molecule has 4 aromatic heterocycles. The van der Waals surface area contributed by atoms with Crippen molar-refractivity contribution >= 4 is 11.0 Å². The second kappa shape index (κ2) is 6.51. The van der Waals surface area contributed by atoms with Crippen LogP contribution >= 0.6 is 0 Å². The minimum atomic E-state index is -0.518. The van der Waals surface area contributed by atoms with Crippen LogP contribution in [0.1, 0.15) is 16.8 Å². The van der Waals surface area contributed by atoms with Gasteiger partial charge in [-0.15, -0.1) is 0 Å². The molecule has 6 nitrogen and oxygen atoms in total. The van der Waals surface area contributed by atoms with Crippen LogP contribution in [0, 0.1) is 12.9 Å². The summed E-state index contributed by atoms with van der Waals surface area (Å²) in [5, 5.41) is 0.922. The summed E-state index contributed by atoms with van der Waals surface area (Å²) in [6.07, 6.45) is 3.75. The van der Waals surface area contributed by atoms with Crippen LogP contribution in [0.5, 0.6) is 5.88 Å². The van der Waals surface area contributed by atoms with Crippen molar-refractivity contribution in [2.24, 2.45) is 0 Å². The van der Waals surface area contributed by atoms with Gasteiger partial charge < -0.3 is 9.72 Å². The summed E-state index contributed by atoms with van der Waals surface area (Å²) in [6, 6.07) is 8.79. The first-order valence-corrected chi connectivity index (χ1v) is 8.10. The predicted molar refractivity (Wildman–Crippen MR) is 95.4 cm³/mol. The minimum Gasteiger partial charge on any atom is -0.481 e. The summed E-state index contributed by atoms with van der Waals surface area (Å²) in [7, 11) is 1.54. The molecule has 0 fully saturated rings. The highest BCUT2D eigenvalue weighted by Gasteiger charge is 2.13. The maximum absolute atomic E-state index is 14.6. The number of halogens is 1. The van der Waals surface area contributed by atoms with Crippen LogP contribution in [0.3, 0.4) is 0 Å². The predicted octanol–water partition coefficient (Wildman–Crippen LogP) is 3.46. The average Bonchev–Trinajstić information content (AvgIpc) is 3.08. The summed E-state index contributed by atoms with van der Waals surface area (Å²) >= 11 is 0. The number of hydrogen-bond acceptors (Lipinski definition) is 5. The molecule has 0 spiro atoms. The third kappa shape index (κ3) is 2.88. The van der Waals surface area contributed by atoms with Gasteiger partial charge in [-0.3, -0.25) is 0 Å². The minimum absolute atomic E-state index is 0.402. The summed E-state index contributed by atoms with van der Waals surface area (Å²) in [4.78, 5) is 19.9. The van der Waals surface area contributed by atoms with Gasteiger partial charge in [0.1, 0.15) is 12.0 Å². The van der Waals surface area contributed by atoms with E-state index in [9.17, 15) is 4.39 Å². The third-order valence-electron chi connectivity index (χ3n) is 4.24. The number of nitrogens with one attached hydrogen (secondary N) is 1. The van der Waals surface area contributed by atoms with Crippen molar-refractivity contribution in [3.63, 3.8) is 0 Å². The number of methoxy groups -OCH3 is 1. The molecule has 1 N–H and O–H groups in total. The topological polar surface area (TPSA) is 76.6 Å². The Morgan fingerprint density at radius 1 is 1.04 bits per heavy atom. The lowest BCUT2D eigenvalue weighted by Gasteiger charge is -2.06. The quantitative estimate of drug-likeness (QED) is 0.571. The molecule has 0 saturated heterocycles. The van der Waals surface area contributed by atoms with Crippen LogP contribution in [0.4, 0.5) is 4.39 Å². The fourth-order valence-corrected chi connectivity index (χ4v) is 2.95. The van der Waals surface area contributed by atoms with E-state index < -0.39 is 5.95 Å². The Balaban J connectivity index is 1.68. The normalized spacial score (nSPS) is 11.0. The zero-order valence-corrected chi connectivity index (χ0v) is 14.3. The highest BCUT2D eigenvalue weighted by molar-refractivity contribution is 5.82. The molecular formula is C19H16FN5O. The lowest BCUT2D eigenvalue weighted by Crippen LogP contribution is -1.99. The van der Waals surface area contributed by atoms with Crippen LogP contribution in [0.15, 0.2) is 42.9 Å². The second-order valence-corrected chi connectivity index (χ2v) is 5.88. The monoisotopic (exact) mass is 349 g/mol. The van der Waals surface area contributed by atoms with Crippen LogP contribution in [-0.4, -0.2) is 32.0 Å². The smallest absolute Gasteiger partial charge is 0.217 e. The number of ether oxygens (including phenoxy) is 1. The van der Waals surface area contributed by atoms with Gasteiger partial charge in [-0.05, 0) is 24.6 Å². The van der Waals surface area contributed by atoms with Crippen molar-refractivity contribution in [1.29, 1.82) is 0 Å². The molecule has 7 heteroatoms. The first-order chi connectivity index (χ1) is 12.7. The van der Waals surface area contributed by atoms with Crippen molar-refractivity contribution < 1.29 is 9.13 Å². The van der Waals surface area contributed by atoms with Gasteiger partial charge in [0.2, 0.25) is 11.8 Å². The van der Waals surface area contributed by atoms with Gasteiger partial charge in [-0.2, -0.15) is 4.39 Å². The van der Waals surface area contributed by atoms with E-state index >= 15 is 0 Å². The first-order valence-electron chi connectivity index (χ1n) is 8.10. The Morgan fingerprint density at radius 3 is 2.69 bits per heavy atom. The summed E-state index contributed by atoms with van der Waals surface area (Å²) in [5.74, 6) is -0.0565. The fraction of sp³-hybridized carbons (Fsp3) is 0.158. The second-order valence-electron chi connectivity index (χ2n) is 5.88. The Kier molecular flexibility index (Phi) is 4.04. The number of aryl methyl sites for hydroxylation is 1. The van der Waals surface area contributed by atoms with E-state index in [1.807, 2.05) is 13.1 Å². The lowest BCUT2D eigenvalue weighted by atomic mass is 10.0. The molecule has 0 aliphatic carbocycles. The Morgan fingerprint density at radius 2 is 1.88 bits per heavy atom. The molecular weight excluding hydrogens is 333 g/mol. The van der Waals surface area contributed by atoms with Crippen LogP contribution in [-0.2, 0) is 6.42 Å². The molecule has 0 amide bonds. The van der Waals surface area contributed by atoms with Crippen molar-refractivity contribution in [2.45, 2.75) is 13.3 Å². The molecule has 0 bridgehead atoms. The number of pyridine rings is 2. The molecule has 26 heavy (non-hydrogen) atoms. The average molecular weight is 349 g/mol. The van der Waals surface area contributed by atoms with Gasteiger partial charge in [0.25, 0.3) is 0 Å². The molecule has 0 aliphatic heterocycles. The fourth-order valence-electron chi connectivity index (χ4n) is 2.95. The van der Waals surface area contributed by atoms with Crippen molar-refractivity contribution in [1.82, 2.24) is 24.9 Å².